The van der Waals surface area contributed by atoms with E-state index in [4.69, 9.17) is 16.1 Å². The quantitative estimate of drug-likeness (QED) is 0.791. The van der Waals surface area contributed by atoms with Crippen molar-refractivity contribution in [2.24, 2.45) is 23.2 Å². The SMILES string of the molecule is Clc1oncc1CC12CC3CC(CC(C3)C1)C2. The van der Waals surface area contributed by atoms with Crippen molar-refractivity contribution in [3.63, 3.8) is 0 Å². The molecule has 92 valence electrons. The van der Waals surface area contributed by atoms with Gasteiger partial charge in [-0.25, -0.2) is 0 Å². The van der Waals surface area contributed by atoms with Crippen LogP contribution in [0.2, 0.25) is 5.22 Å². The van der Waals surface area contributed by atoms with E-state index in [9.17, 15) is 0 Å². The Balaban J connectivity index is 1.62. The summed E-state index contributed by atoms with van der Waals surface area (Å²) in [6.07, 6.45) is 11.7. The molecule has 0 amide bonds. The molecule has 0 saturated heterocycles. The van der Waals surface area contributed by atoms with E-state index < -0.39 is 0 Å². The summed E-state index contributed by atoms with van der Waals surface area (Å²) < 4.78 is 4.99. The van der Waals surface area contributed by atoms with Crippen molar-refractivity contribution in [1.29, 1.82) is 0 Å². The van der Waals surface area contributed by atoms with Gasteiger partial charge in [0.15, 0.2) is 0 Å². The summed E-state index contributed by atoms with van der Waals surface area (Å²) in [5, 5.41) is 4.33. The fourth-order valence-electron chi connectivity index (χ4n) is 5.27. The molecule has 4 bridgehead atoms. The molecule has 0 atom stereocenters. The zero-order chi connectivity index (χ0) is 11.5. The lowest BCUT2D eigenvalue weighted by atomic mass is 9.48. The standard InChI is InChI=1S/C14H18ClNO/c15-13-12(8-16-17-13)7-14-4-9-1-10(5-14)3-11(2-9)6-14/h8-11H,1-7H2. The number of nitrogens with zero attached hydrogens (tertiary/aromatic N) is 1. The Morgan fingerprint density at radius 3 is 2.24 bits per heavy atom. The third kappa shape index (κ3) is 1.64. The topological polar surface area (TPSA) is 26.0 Å². The molecular formula is C14H18ClNO. The first-order valence-electron chi connectivity index (χ1n) is 6.81. The second kappa shape index (κ2) is 3.50. The number of hydrogen-bond donors (Lipinski definition) is 0. The van der Waals surface area contributed by atoms with E-state index in [0.717, 1.165) is 29.7 Å². The van der Waals surface area contributed by atoms with Crippen LogP contribution < -0.4 is 0 Å². The Bertz CT molecular complexity index is 404. The van der Waals surface area contributed by atoms with Crippen LogP contribution in [0.15, 0.2) is 10.7 Å². The van der Waals surface area contributed by atoms with Gasteiger partial charge in [-0.2, -0.15) is 0 Å². The first kappa shape index (κ1) is 10.4. The second-order valence-corrected chi connectivity index (χ2v) is 7.06. The molecular weight excluding hydrogens is 234 g/mol. The lowest BCUT2D eigenvalue weighted by molar-refractivity contribution is -0.0522. The van der Waals surface area contributed by atoms with E-state index in [1.54, 1.807) is 0 Å². The first-order valence-corrected chi connectivity index (χ1v) is 7.19. The molecule has 4 aliphatic carbocycles. The van der Waals surface area contributed by atoms with E-state index in [2.05, 4.69) is 5.16 Å². The average molecular weight is 252 g/mol. The predicted octanol–water partition coefficient (Wildman–Crippen LogP) is 4.09. The minimum Gasteiger partial charge on any atom is -0.344 e. The van der Waals surface area contributed by atoms with Gasteiger partial charge >= 0.3 is 0 Å². The van der Waals surface area contributed by atoms with Gasteiger partial charge in [0, 0.05) is 5.56 Å². The minimum atomic E-state index is 0.515. The van der Waals surface area contributed by atoms with E-state index in [1.807, 2.05) is 6.20 Å². The monoisotopic (exact) mass is 251 g/mol. The maximum atomic E-state index is 6.05. The van der Waals surface area contributed by atoms with Gasteiger partial charge < -0.3 is 4.52 Å². The van der Waals surface area contributed by atoms with Crippen LogP contribution in [-0.2, 0) is 6.42 Å². The van der Waals surface area contributed by atoms with Crippen molar-refractivity contribution in [2.45, 2.75) is 44.9 Å². The molecule has 0 spiro atoms. The molecule has 4 aliphatic rings. The molecule has 4 saturated carbocycles. The van der Waals surface area contributed by atoms with E-state index in [0.29, 0.717) is 10.6 Å². The second-order valence-electron chi connectivity index (χ2n) is 6.72. The highest BCUT2D eigenvalue weighted by Gasteiger charge is 2.50. The Morgan fingerprint density at radius 1 is 1.18 bits per heavy atom. The Hall–Kier alpha value is -0.500. The molecule has 0 aromatic carbocycles. The summed E-state index contributed by atoms with van der Waals surface area (Å²) in [5.74, 6) is 3.00. The van der Waals surface area contributed by atoms with Gasteiger partial charge in [0.05, 0.1) is 6.20 Å². The fraction of sp³-hybridized carbons (Fsp3) is 0.786. The molecule has 1 aromatic rings. The Kier molecular flexibility index (Phi) is 2.15. The number of halogens is 1. The van der Waals surface area contributed by atoms with Crippen LogP contribution in [0.5, 0.6) is 0 Å². The molecule has 17 heavy (non-hydrogen) atoms. The average Bonchev–Trinajstić information content (AvgIpc) is 2.61. The molecule has 0 aliphatic heterocycles. The lowest BCUT2D eigenvalue weighted by Gasteiger charge is -2.57. The molecule has 0 N–H and O–H groups in total. The van der Waals surface area contributed by atoms with Crippen molar-refractivity contribution in [1.82, 2.24) is 5.16 Å². The van der Waals surface area contributed by atoms with Crippen LogP contribution >= 0.6 is 11.6 Å². The predicted molar refractivity (Wildman–Crippen MR) is 65.8 cm³/mol. The van der Waals surface area contributed by atoms with Gasteiger partial charge in [-0.3, -0.25) is 0 Å². The molecule has 4 fully saturated rings. The van der Waals surface area contributed by atoms with Crippen LogP contribution in [0.3, 0.4) is 0 Å². The molecule has 2 nitrogen and oxygen atoms in total. The highest BCUT2D eigenvalue weighted by Crippen LogP contribution is 2.61. The number of hydrogen-bond acceptors (Lipinski definition) is 2. The van der Waals surface area contributed by atoms with Gasteiger partial charge in [-0.15, -0.1) is 0 Å². The van der Waals surface area contributed by atoms with Crippen molar-refractivity contribution in [3.8, 4) is 0 Å². The lowest BCUT2D eigenvalue weighted by Crippen LogP contribution is -2.47. The van der Waals surface area contributed by atoms with E-state index in [-0.39, 0.29) is 0 Å². The zero-order valence-electron chi connectivity index (χ0n) is 9.99. The van der Waals surface area contributed by atoms with E-state index >= 15 is 0 Å². The molecule has 3 heteroatoms. The van der Waals surface area contributed by atoms with Gasteiger partial charge in [-0.1, -0.05) is 5.16 Å². The molecule has 0 unspecified atom stereocenters. The fourth-order valence-corrected chi connectivity index (χ4v) is 5.43. The number of aromatic nitrogens is 1. The number of rotatable bonds is 2. The third-order valence-corrected chi connectivity index (χ3v) is 5.64. The van der Waals surface area contributed by atoms with Gasteiger partial charge in [-0.05, 0) is 79.7 Å². The van der Waals surface area contributed by atoms with Crippen molar-refractivity contribution in [2.75, 3.05) is 0 Å². The van der Waals surface area contributed by atoms with Gasteiger partial charge in [0.25, 0.3) is 0 Å². The van der Waals surface area contributed by atoms with Crippen molar-refractivity contribution in [3.05, 3.63) is 17.0 Å². The normalized spacial score (nSPS) is 43.2. The van der Waals surface area contributed by atoms with Crippen LogP contribution in [0.4, 0.5) is 0 Å². The summed E-state index contributed by atoms with van der Waals surface area (Å²) in [4.78, 5) is 0. The highest BCUT2D eigenvalue weighted by molar-refractivity contribution is 6.29. The maximum Gasteiger partial charge on any atom is 0.229 e. The zero-order valence-corrected chi connectivity index (χ0v) is 10.7. The summed E-state index contributed by atoms with van der Waals surface area (Å²) in [6, 6.07) is 0. The first-order chi connectivity index (χ1) is 8.22. The molecule has 0 radical (unpaired) electrons. The molecule has 5 rings (SSSR count). The third-order valence-electron chi connectivity index (χ3n) is 5.32. The van der Waals surface area contributed by atoms with Crippen LogP contribution in [0.1, 0.15) is 44.1 Å². The Morgan fingerprint density at radius 2 is 1.76 bits per heavy atom. The van der Waals surface area contributed by atoms with Crippen molar-refractivity contribution >= 4 is 11.6 Å². The maximum absolute atomic E-state index is 6.05. The summed E-state index contributed by atoms with van der Waals surface area (Å²) in [7, 11) is 0. The van der Waals surface area contributed by atoms with Gasteiger partial charge in [0.2, 0.25) is 5.22 Å². The van der Waals surface area contributed by atoms with Crippen LogP contribution in [0, 0.1) is 23.2 Å². The minimum absolute atomic E-state index is 0.515. The molecule has 1 heterocycles. The Labute approximate surface area is 107 Å². The van der Waals surface area contributed by atoms with Crippen LogP contribution in [0.25, 0.3) is 0 Å². The smallest absolute Gasteiger partial charge is 0.229 e. The largest absolute Gasteiger partial charge is 0.344 e. The molecule has 1 aromatic heterocycles. The summed E-state index contributed by atoms with van der Waals surface area (Å²) in [5.41, 5.74) is 1.66. The van der Waals surface area contributed by atoms with Crippen molar-refractivity contribution < 1.29 is 4.52 Å². The van der Waals surface area contributed by atoms with Crippen LogP contribution in [-0.4, -0.2) is 5.16 Å². The summed E-state index contributed by atoms with van der Waals surface area (Å²) in [6.45, 7) is 0. The van der Waals surface area contributed by atoms with E-state index in [1.165, 1.54) is 38.5 Å². The summed E-state index contributed by atoms with van der Waals surface area (Å²) >= 11 is 6.05. The highest BCUT2D eigenvalue weighted by atomic mass is 35.5. The van der Waals surface area contributed by atoms with Gasteiger partial charge in [0.1, 0.15) is 0 Å².